The number of carbonyl (C=O) groups excluding carboxylic acids is 2. The van der Waals surface area contributed by atoms with Crippen LogP contribution in [0.15, 0.2) is 67.3 Å². The number of amides is 2. The highest BCUT2D eigenvalue weighted by Crippen LogP contribution is 2.24. The lowest BCUT2D eigenvalue weighted by Crippen LogP contribution is -2.43. The summed E-state index contributed by atoms with van der Waals surface area (Å²) in [6.45, 7) is 1.05. The van der Waals surface area contributed by atoms with Gasteiger partial charge in [0.1, 0.15) is 0 Å². The van der Waals surface area contributed by atoms with Crippen LogP contribution >= 0.6 is 11.6 Å². The van der Waals surface area contributed by atoms with E-state index in [1.165, 1.54) is 0 Å². The second kappa shape index (κ2) is 8.49. The van der Waals surface area contributed by atoms with Gasteiger partial charge >= 0.3 is 0 Å². The standard InChI is InChI=1S/C22H21ClN4O2/c23-18-9-7-16(8-10-18)22(29)26-12-3-4-17(14-26)21(28)25-19-5-1-2-6-20(19)27-13-11-24-15-27/h1-2,5-11,13,15,17H,3-4,12,14H2,(H,25,28)/t17-/m0/s1. The van der Waals surface area contributed by atoms with E-state index in [4.69, 9.17) is 11.6 Å². The highest BCUT2D eigenvalue weighted by Gasteiger charge is 2.29. The summed E-state index contributed by atoms with van der Waals surface area (Å²) in [5, 5.41) is 3.62. The van der Waals surface area contributed by atoms with E-state index in [1.54, 1.807) is 41.7 Å². The van der Waals surface area contributed by atoms with Crippen LogP contribution in [0.5, 0.6) is 0 Å². The molecule has 1 aliphatic heterocycles. The van der Waals surface area contributed by atoms with Crippen molar-refractivity contribution in [3.05, 3.63) is 77.8 Å². The van der Waals surface area contributed by atoms with Gasteiger partial charge in [0, 0.05) is 36.1 Å². The van der Waals surface area contributed by atoms with Crippen molar-refractivity contribution in [2.75, 3.05) is 18.4 Å². The number of nitrogens with one attached hydrogen (secondary N) is 1. The normalized spacial score (nSPS) is 16.4. The Hall–Kier alpha value is -3.12. The SMILES string of the molecule is O=C(Nc1ccccc1-n1ccnc1)[C@H]1CCCN(C(=O)c2ccc(Cl)cc2)C1. The Kier molecular flexibility index (Phi) is 5.62. The second-order valence-corrected chi connectivity index (χ2v) is 7.51. The first kappa shape index (κ1) is 19.2. The van der Waals surface area contributed by atoms with Gasteiger partial charge in [0.25, 0.3) is 5.91 Å². The molecule has 0 spiro atoms. The van der Waals surface area contributed by atoms with Gasteiger partial charge < -0.3 is 14.8 Å². The predicted octanol–water partition coefficient (Wildman–Crippen LogP) is 4.02. The quantitative estimate of drug-likeness (QED) is 0.709. The molecule has 1 fully saturated rings. The predicted molar refractivity (Wildman–Crippen MR) is 112 cm³/mol. The molecule has 2 heterocycles. The van der Waals surface area contributed by atoms with E-state index >= 15 is 0 Å². The lowest BCUT2D eigenvalue weighted by atomic mass is 9.96. The van der Waals surface area contributed by atoms with Gasteiger partial charge in [0.2, 0.25) is 5.91 Å². The number of para-hydroxylation sites is 2. The molecule has 1 aliphatic rings. The van der Waals surface area contributed by atoms with Gasteiger partial charge in [-0.25, -0.2) is 4.98 Å². The zero-order valence-corrected chi connectivity index (χ0v) is 16.5. The molecule has 2 amide bonds. The number of aromatic nitrogens is 2. The lowest BCUT2D eigenvalue weighted by Gasteiger charge is -2.32. The van der Waals surface area contributed by atoms with Crippen molar-refractivity contribution in [2.24, 2.45) is 5.92 Å². The average molecular weight is 409 g/mol. The molecule has 148 valence electrons. The Balaban J connectivity index is 1.46. The molecule has 4 rings (SSSR count). The highest BCUT2D eigenvalue weighted by atomic mass is 35.5. The van der Waals surface area contributed by atoms with E-state index in [2.05, 4.69) is 10.3 Å². The summed E-state index contributed by atoms with van der Waals surface area (Å²) in [7, 11) is 0. The molecule has 0 unspecified atom stereocenters. The van der Waals surface area contributed by atoms with Gasteiger partial charge in [-0.3, -0.25) is 9.59 Å². The van der Waals surface area contributed by atoms with Crippen LogP contribution in [0.3, 0.4) is 0 Å². The van der Waals surface area contributed by atoms with Crippen molar-refractivity contribution in [3.8, 4) is 5.69 Å². The molecule has 0 saturated carbocycles. The van der Waals surface area contributed by atoms with E-state index in [0.717, 1.165) is 24.2 Å². The third kappa shape index (κ3) is 4.32. The maximum Gasteiger partial charge on any atom is 0.253 e. The first-order chi connectivity index (χ1) is 14.1. The number of carbonyl (C=O) groups is 2. The topological polar surface area (TPSA) is 67.2 Å². The zero-order chi connectivity index (χ0) is 20.2. The van der Waals surface area contributed by atoms with E-state index in [0.29, 0.717) is 23.7 Å². The van der Waals surface area contributed by atoms with Crippen LogP contribution in [0.1, 0.15) is 23.2 Å². The fourth-order valence-electron chi connectivity index (χ4n) is 3.59. The first-order valence-corrected chi connectivity index (χ1v) is 9.92. The van der Waals surface area contributed by atoms with Crippen molar-refractivity contribution in [2.45, 2.75) is 12.8 Å². The summed E-state index contributed by atoms with van der Waals surface area (Å²) in [4.78, 5) is 31.6. The van der Waals surface area contributed by atoms with Crippen molar-refractivity contribution in [3.63, 3.8) is 0 Å². The van der Waals surface area contributed by atoms with Gasteiger partial charge in [-0.2, -0.15) is 0 Å². The second-order valence-electron chi connectivity index (χ2n) is 7.07. The molecular formula is C22H21ClN4O2. The Morgan fingerprint density at radius 1 is 1.10 bits per heavy atom. The molecular weight excluding hydrogens is 388 g/mol. The number of piperidine rings is 1. The third-order valence-electron chi connectivity index (χ3n) is 5.12. The number of nitrogens with zero attached hydrogens (tertiary/aromatic N) is 3. The highest BCUT2D eigenvalue weighted by molar-refractivity contribution is 6.30. The minimum atomic E-state index is -0.254. The van der Waals surface area contributed by atoms with Gasteiger partial charge in [-0.1, -0.05) is 23.7 Å². The minimum absolute atomic E-state index is 0.0713. The van der Waals surface area contributed by atoms with Crippen molar-refractivity contribution < 1.29 is 9.59 Å². The first-order valence-electron chi connectivity index (χ1n) is 9.55. The summed E-state index contributed by atoms with van der Waals surface area (Å²) in [5.74, 6) is -0.403. The maximum atomic E-state index is 12.9. The fraction of sp³-hybridized carbons (Fsp3) is 0.227. The summed E-state index contributed by atoms with van der Waals surface area (Å²) in [5.41, 5.74) is 2.15. The Bertz CT molecular complexity index is 1000. The number of imidazole rings is 1. The Labute approximate surface area is 174 Å². The van der Waals surface area contributed by atoms with E-state index in [9.17, 15) is 9.59 Å². The van der Waals surface area contributed by atoms with E-state index in [-0.39, 0.29) is 17.7 Å². The van der Waals surface area contributed by atoms with Crippen LogP contribution in [0.25, 0.3) is 5.69 Å². The molecule has 1 atom stereocenters. The van der Waals surface area contributed by atoms with Crippen LogP contribution in [-0.2, 0) is 4.79 Å². The molecule has 1 N–H and O–H groups in total. The lowest BCUT2D eigenvalue weighted by molar-refractivity contribution is -0.121. The smallest absolute Gasteiger partial charge is 0.253 e. The van der Waals surface area contributed by atoms with Gasteiger partial charge in [-0.05, 0) is 49.2 Å². The molecule has 0 bridgehead atoms. The monoisotopic (exact) mass is 408 g/mol. The minimum Gasteiger partial charge on any atom is -0.338 e. The molecule has 0 aliphatic carbocycles. The molecule has 29 heavy (non-hydrogen) atoms. The molecule has 1 saturated heterocycles. The Morgan fingerprint density at radius 3 is 2.66 bits per heavy atom. The van der Waals surface area contributed by atoms with Crippen LogP contribution < -0.4 is 5.32 Å². The van der Waals surface area contributed by atoms with Crippen LogP contribution in [-0.4, -0.2) is 39.4 Å². The molecule has 3 aromatic rings. The Morgan fingerprint density at radius 2 is 1.90 bits per heavy atom. The summed E-state index contributed by atoms with van der Waals surface area (Å²) >= 11 is 5.91. The zero-order valence-electron chi connectivity index (χ0n) is 15.8. The van der Waals surface area contributed by atoms with Crippen molar-refractivity contribution in [1.29, 1.82) is 0 Å². The number of likely N-dealkylation sites (tertiary alicyclic amines) is 1. The number of benzene rings is 2. The fourth-order valence-corrected chi connectivity index (χ4v) is 3.72. The summed E-state index contributed by atoms with van der Waals surface area (Å²) in [6.07, 6.45) is 6.76. The molecule has 2 aromatic carbocycles. The maximum absolute atomic E-state index is 12.9. The van der Waals surface area contributed by atoms with Crippen molar-refractivity contribution >= 4 is 29.1 Å². The molecule has 1 aromatic heterocycles. The third-order valence-corrected chi connectivity index (χ3v) is 5.37. The number of anilines is 1. The molecule has 0 radical (unpaired) electrons. The van der Waals surface area contributed by atoms with Crippen LogP contribution in [0, 0.1) is 5.92 Å². The van der Waals surface area contributed by atoms with E-state index < -0.39 is 0 Å². The van der Waals surface area contributed by atoms with Crippen molar-refractivity contribution in [1.82, 2.24) is 14.5 Å². The number of rotatable bonds is 4. The van der Waals surface area contributed by atoms with Crippen LogP contribution in [0.4, 0.5) is 5.69 Å². The number of halogens is 1. The van der Waals surface area contributed by atoms with Gasteiger partial charge in [-0.15, -0.1) is 0 Å². The van der Waals surface area contributed by atoms with E-state index in [1.807, 2.05) is 35.0 Å². The van der Waals surface area contributed by atoms with Gasteiger partial charge in [0.15, 0.2) is 0 Å². The average Bonchev–Trinajstić information content (AvgIpc) is 3.29. The molecule has 7 heteroatoms. The summed E-state index contributed by atoms with van der Waals surface area (Å²) in [6, 6.07) is 14.4. The largest absolute Gasteiger partial charge is 0.338 e. The number of hydrogen-bond donors (Lipinski definition) is 1. The number of hydrogen-bond acceptors (Lipinski definition) is 3. The van der Waals surface area contributed by atoms with Crippen LogP contribution in [0.2, 0.25) is 5.02 Å². The van der Waals surface area contributed by atoms with Gasteiger partial charge in [0.05, 0.1) is 23.6 Å². The summed E-state index contributed by atoms with van der Waals surface area (Å²) < 4.78 is 1.85. The molecule has 6 nitrogen and oxygen atoms in total.